The highest BCUT2D eigenvalue weighted by Gasteiger charge is 2.30. The van der Waals surface area contributed by atoms with Crippen LogP contribution in [-0.2, 0) is 10.0 Å². The van der Waals surface area contributed by atoms with Crippen molar-refractivity contribution in [2.24, 2.45) is 0 Å². The molecule has 0 fully saturated rings. The van der Waals surface area contributed by atoms with Gasteiger partial charge in [0.15, 0.2) is 0 Å². The highest BCUT2D eigenvalue weighted by Crippen LogP contribution is 2.34. The van der Waals surface area contributed by atoms with Crippen LogP contribution in [-0.4, -0.2) is 26.2 Å². The van der Waals surface area contributed by atoms with Crippen LogP contribution in [0, 0.1) is 0 Å². The summed E-state index contributed by atoms with van der Waals surface area (Å²) in [6.07, 6.45) is 0. The van der Waals surface area contributed by atoms with Gasteiger partial charge in [-0.3, -0.25) is 4.31 Å². The normalized spacial score (nSPS) is 12.9. The molecule has 0 aliphatic heterocycles. The third-order valence-electron chi connectivity index (χ3n) is 3.18. The van der Waals surface area contributed by atoms with Crippen LogP contribution in [0.1, 0.15) is 6.92 Å². The van der Waals surface area contributed by atoms with E-state index in [0.717, 1.165) is 4.31 Å². The minimum Gasteiger partial charge on any atom is -0.394 e. The highest BCUT2D eigenvalue weighted by atomic mass is 35.5. The van der Waals surface area contributed by atoms with E-state index in [4.69, 9.17) is 34.8 Å². The lowest BCUT2D eigenvalue weighted by Gasteiger charge is -2.30. The van der Waals surface area contributed by atoms with Crippen LogP contribution in [0.25, 0.3) is 0 Å². The van der Waals surface area contributed by atoms with Crippen LogP contribution in [0.5, 0.6) is 0 Å². The second-order valence-corrected chi connectivity index (χ2v) is 7.98. The van der Waals surface area contributed by atoms with Gasteiger partial charge in [0.2, 0.25) is 0 Å². The maximum Gasteiger partial charge on any atom is 0.264 e. The standard InChI is InChI=1S/C15H14Cl3NO3S/c1-10(9-20)19(15-8-12(17)4-7-14(15)18)23(21,22)13-5-2-11(16)3-6-13/h2-8,10,20H,9H2,1H3/t10-/m1/s1. The van der Waals surface area contributed by atoms with E-state index in [-0.39, 0.29) is 22.2 Å². The summed E-state index contributed by atoms with van der Waals surface area (Å²) in [7, 11) is -3.95. The molecule has 2 aromatic carbocycles. The molecule has 1 atom stereocenters. The van der Waals surface area contributed by atoms with Gasteiger partial charge < -0.3 is 5.11 Å². The van der Waals surface area contributed by atoms with Crippen molar-refractivity contribution in [3.63, 3.8) is 0 Å². The molecular formula is C15H14Cl3NO3S. The topological polar surface area (TPSA) is 57.6 Å². The Bertz CT molecular complexity index is 794. The zero-order chi connectivity index (χ0) is 17.2. The number of aliphatic hydroxyl groups is 1. The first-order valence-corrected chi connectivity index (χ1v) is 9.20. The molecule has 0 spiro atoms. The summed E-state index contributed by atoms with van der Waals surface area (Å²) in [6.45, 7) is 1.19. The molecule has 2 aromatic rings. The fraction of sp³-hybridized carbons (Fsp3) is 0.200. The first kappa shape index (κ1) is 18.4. The Morgan fingerprint density at radius 2 is 1.61 bits per heavy atom. The summed E-state index contributed by atoms with van der Waals surface area (Å²) < 4.78 is 27.0. The number of rotatable bonds is 5. The first-order chi connectivity index (χ1) is 10.8. The fourth-order valence-corrected chi connectivity index (χ4v) is 4.26. The second kappa shape index (κ2) is 7.28. The van der Waals surface area contributed by atoms with Gasteiger partial charge in [-0.15, -0.1) is 0 Å². The number of halogens is 3. The van der Waals surface area contributed by atoms with Gasteiger partial charge in [-0.1, -0.05) is 34.8 Å². The van der Waals surface area contributed by atoms with Gasteiger partial charge in [-0.05, 0) is 49.4 Å². The summed E-state index contributed by atoms with van der Waals surface area (Å²) in [6, 6.07) is 9.54. The van der Waals surface area contributed by atoms with Crippen LogP contribution >= 0.6 is 34.8 Å². The zero-order valence-electron chi connectivity index (χ0n) is 12.1. The molecule has 0 unspecified atom stereocenters. The minimum atomic E-state index is -3.95. The van der Waals surface area contributed by atoms with Gasteiger partial charge >= 0.3 is 0 Å². The molecule has 0 aromatic heterocycles. The van der Waals surface area contributed by atoms with E-state index in [2.05, 4.69) is 0 Å². The van der Waals surface area contributed by atoms with Crippen molar-refractivity contribution in [1.82, 2.24) is 0 Å². The van der Waals surface area contributed by atoms with Crippen LogP contribution in [0.2, 0.25) is 15.1 Å². The number of hydrogen-bond acceptors (Lipinski definition) is 3. The molecule has 0 aliphatic rings. The Morgan fingerprint density at radius 1 is 1.04 bits per heavy atom. The molecule has 2 rings (SSSR count). The minimum absolute atomic E-state index is 0.0400. The van der Waals surface area contributed by atoms with E-state index < -0.39 is 16.1 Å². The third-order valence-corrected chi connectivity index (χ3v) is 5.93. The highest BCUT2D eigenvalue weighted by molar-refractivity contribution is 7.92. The maximum absolute atomic E-state index is 13.0. The second-order valence-electron chi connectivity index (χ2n) is 4.88. The Hall–Kier alpha value is -0.980. The van der Waals surface area contributed by atoms with Gasteiger partial charge in [0.25, 0.3) is 10.0 Å². The number of sulfonamides is 1. The molecular weight excluding hydrogens is 381 g/mol. The summed E-state index contributed by atoms with van der Waals surface area (Å²) in [5, 5.41) is 10.5. The van der Waals surface area contributed by atoms with Gasteiger partial charge in [-0.25, -0.2) is 8.42 Å². The molecule has 0 heterocycles. The Balaban J connectivity index is 2.63. The summed E-state index contributed by atoms with van der Waals surface area (Å²) in [4.78, 5) is 0.0400. The van der Waals surface area contributed by atoms with Gasteiger partial charge in [0, 0.05) is 10.0 Å². The lowest BCUT2D eigenvalue weighted by Crippen LogP contribution is -2.41. The van der Waals surface area contributed by atoms with Crippen LogP contribution in [0.4, 0.5) is 5.69 Å². The molecule has 4 nitrogen and oxygen atoms in total. The smallest absolute Gasteiger partial charge is 0.264 e. The van der Waals surface area contributed by atoms with E-state index in [1.54, 1.807) is 13.0 Å². The van der Waals surface area contributed by atoms with E-state index in [9.17, 15) is 13.5 Å². The van der Waals surface area contributed by atoms with Crippen molar-refractivity contribution in [2.45, 2.75) is 17.9 Å². The van der Waals surface area contributed by atoms with Crippen molar-refractivity contribution in [3.8, 4) is 0 Å². The van der Waals surface area contributed by atoms with Gasteiger partial charge in [0.1, 0.15) is 0 Å². The fourth-order valence-electron chi connectivity index (χ4n) is 2.05. The van der Waals surface area contributed by atoms with E-state index >= 15 is 0 Å². The van der Waals surface area contributed by atoms with E-state index in [1.165, 1.54) is 36.4 Å². The number of aliphatic hydroxyl groups excluding tert-OH is 1. The largest absolute Gasteiger partial charge is 0.394 e. The average molecular weight is 395 g/mol. The van der Waals surface area contributed by atoms with Crippen LogP contribution in [0.3, 0.4) is 0 Å². The number of hydrogen-bond donors (Lipinski definition) is 1. The van der Waals surface area contributed by atoms with E-state index in [0.29, 0.717) is 10.0 Å². The van der Waals surface area contributed by atoms with Crippen molar-refractivity contribution < 1.29 is 13.5 Å². The predicted molar refractivity (Wildman–Crippen MR) is 94.1 cm³/mol. The summed E-state index contributed by atoms with van der Waals surface area (Å²) >= 11 is 17.9. The number of anilines is 1. The Labute approximate surface area is 150 Å². The molecule has 0 amide bonds. The van der Waals surface area contributed by atoms with Crippen molar-refractivity contribution in [3.05, 3.63) is 57.5 Å². The Kier molecular flexibility index (Phi) is 5.81. The monoisotopic (exact) mass is 393 g/mol. The Morgan fingerprint density at radius 3 is 2.17 bits per heavy atom. The van der Waals surface area contributed by atoms with Crippen LogP contribution < -0.4 is 4.31 Å². The summed E-state index contributed by atoms with van der Waals surface area (Å²) in [5.74, 6) is 0. The lowest BCUT2D eigenvalue weighted by molar-refractivity contribution is 0.274. The third kappa shape index (κ3) is 3.92. The van der Waals surface area contributed by atoms with Gasteiger partial charge in [0.05, 0.1) is 28.3 Å². The number of nitrogens with zero attached hydrogens (tertiary/aromatic N) is 1. The molecule has 23 heavy (non-hydrogen) atoms. The lowest BCUT2D eigenvalue weighted by atomic mass is 10.2. The summed E-state index contributed by atoms with van der Waals surface area (Å²) in [5.41, 5.74) is 0.204. The SMILES string of the molecule is C[C@H](CO)N(c1cc(Cl)ccc1Cl)S(=O)(=O)c1ccc(Cl)cc1. The molecule has 0 saturated heterocycles. The molecule has 0 aliphatic carbocycles. The van der Waals surface area contributed by atoms with E-state index in [1.807, 2.05) is 0 Å². The quantitative estimate of drug-likeness (QED) is 0.826. The number of benzene rings is 2. The van der Waals surface area contributed by atoms with Crippen molar-refractivity contribution in [1.29, 1.82) is 0 Å². The van der Waals surface area contributed by atoms with Crippen LogP contribution in [0.15, 0.2) is 47.4 Å². The zero-order valence-corrected chi connectivity index (χ0v) is 15.2. The molecule has 124 valence electrons. The van der Waals surface area contributed by atoms with Crippen molar-refractivity contribution in [2.75, 3.05) is 10.9 Å². The maximum atomic E-state index is 13.0. The predicted octanol–water partition coefficient (Wildman–Crippen LogP) is 4.22. The molecule has 0 saturated carbocycles. The molecule has 1 N–H and O–H groups in total. The first-order valence-electron chi connectivity index (χ1n) is 6.63. The molecule has 0 radical (unpaired) electrons. The molecule has 0 bridgehead atoms. The van der Waals surface area contributed by atoms with Gasteiger partial charge in [-0.2, -0.15) is 0 Å². The molecule has 8 heteroatoms. The average Bonchev–Trinajstić information content (AvgIpc) is 2.51. The van der Waals surface area contributed by atoms with Crippen molar-refractivity contribution >= 4 is 50.5 Å².